The van der Waals surface area contributed by atoms with E-state index in [2.05, 4.69) is 41.4 Å². The first-order valence-corrected chi connectivity index (χ1v) is 8.84. The smallest absolute Gasteiger partial charge is 0.270 e. The fourth-order valence-corrected chi connectivity index (χ4v) is 3.74. The number of carbonyl (C=O) groups is 1. The molecule has 0 unspecified atom stereocenters. The summed E-state index contributed by atoms with van der Waals surface area (Å²) < 4.78 is 0. The molecule has 0 spiro atoms. The Hall–Kier alpha value is -3.33. The molecule has 0 fully saturated rings. The van der Waals surface area contributed by atoms with Crippen LogP contribution in [0.1, 0.15) is 16.1 Å². The van der Waals surface area contributed by atoms with Crippen molar-refractivity contribution >= 4 is 33.2 Å². The molecule has 5 rings (SSSR count). The number of aromatic nitrogens is 1. The lowest BCUT2D eigenvalue weighted by Gasteiger charge is -2.15. The third-order valence-electron chi connectivity index (χ3n) is 5.11. The highest BCUT2D eigenvalue weighted by molar-refractivity contribution is 6.10. The Labute approximate surface area is 151 Å². The molecular weight excluding hydrogens is 320 g/mol. The van der Waals surface area contributed by atoms with Gasteiger partial charge in [0.05, 0.1) is 0 Å². The fraction of sp³-hybridized carbons (Fsp3) is 0.0870. The van der Waals surface area contributed by atoms with Gasteiger partial charge in [0.15, 0.2) is 0 Å². The van der Waals surface area contributed by atoms with Crippen molar-refractivity contribution in [2.75, 3.05) is 13.1 Å². The quantitative estimate of drug-likeness (QED) is 0.557. The van der Waals surface area contributed by atoms with Crippen LogP contribution in [0.15, 0.2) is 78.9 Å². The lowest BCUT2D eigenvalue weighted by molar-refractivity contribution is 0.0797. The third-order valence-corrected chi connectivity index (χ3v) is 5.11. The number of amides is 1. The lowest BCUT2D eigenvalue weighted by Crippen LogP contribution is -2.29. The van der Waals surface area contributed by atoms with Crippen molar-refractivity contribution in [2.24, 2.45) is 0 Å². The van der Waals surface area contributed by atoms with Crippen molar-refractivity contribution in [1.29, 1.82) is 0 Å². The zero-order chi connectivity index (χ0) is 17.5. The van der Waals surface area contributed by atoms with E-state index in [0.29, 0.717) is 18.8 Å². The van der Waals surface area contributed by atoms with Crippen LogP contribution < -0.4 is 0 Å². The van der Waals surface area contributed by atoms with Crippen molar-refractivity contribution in [3.05, 3.63) is 90.1 Å². The van der Waals surface area contributed by atoms with E-state index in [-0.39, 0.29) is 5.91 Å². The van der Waals surface area contributed by atoms with Gasteiger partial charge in [-0.05, 0) is 34.0 Å². The van der Waals surface area contributed by atoms with Crippen LogP contribution in [-0.2, 0) is 0 Å². The average Bonchev–Trinajstić information content (AvgIpc) is 3.35. The number of H-pyrrole nitrogens is 1. The predicted octanol–water partition coefficient (Wildman–Crippen LogP) is 4.86. The number of carbonyl (C=O) groups excluding carboxylic acids is 1. The molecule has 1 N–H and O–H groups in total. The van der Waals surface area contributed by atoms with E-state index >= 15 is 0 Å². The monoisotopic (exact) mass is 338 g/mol. The SMILES string of the molecule is O=C(c1cc2c(ccc3ccccc32)[nH]1)N1CC=C(c2ccccc2)C1. The molecule has 2 heterocycles. The van der Waals surface area contributed by atoms with Crippen molar-refractivity contribution in [3.8, 4) is 0 Å². The lowest BCUT2D eigenvalue weighted by atomic mass is 10.1. The zero-order valence-corrected chi connectivity index (χ0v) is 14.3. The van der Waals surface area contributed by atoms with Gasteiger partial charge in [-0.2, -0.15) is 0 Å². The molecule has 0 saturated carbocycles. The maximum absolute atomic E-state index is 13.0. The Kier molecular flexibility index (Phi) is 3.39. The molecule has 0 radical (unpaired) electrons. The zero-order valence-electron chi connectivity index (χ0n) is 14.3. The second-order valence-electron chi connectivity index (χ2n) is 6.71. The maximum Gasteiger partial charge on any atom is 0.270 e. The van der Waals surface area contributed by atoms with E-state index in [4.69, 9.17) is 0 Å². The van der Waals surface area contributed by atoms with Crippen molar-refractivity contribution in [3.63, 3.8) is 0 Å². The maximum atomic E-state index is 13.0. The topological polar surface area (TPSA) is 36.1 Å². The number of benzene rings is 3. The number of nitrogens with zero attached hydrogens (tertiary/aromatic N) is 1. The standard InChI is InChI=1S/C23H18N2O/c26-23(25-13-12-18(15-25)16-6-2-1-3-7-16)22-14-20-19-9-5-4-8-17(19)10-11-21(20)24-22/h1-12,14,24H,13,15H2. The first kappa shape index (κ1) is 15.0. The van der Waals surface area contributed by atoms with E-state index in [0.717, 1.165) is 10.9 Å². The average molecular weight is 338 g/mol. The van der Waals surface area contributed by atoms with Crippen LogP contribution in [0.2, 0.25) is 0 Å². The van der Waals surface area contributed by atoms with Gasteiger partial charge in [0.2, 0.25) is 0 Å². The Morgan fingerprint density at radius 3 is 2.58 bits per heavy atom. The van der Waals surface area contributed by atoms with Crippen molar-refractivity contribution in [2.45, 2.75) is 0 Å². The molecule has 3 nitrogen and oxygen atoms in total. The summed E-state index contributed by atoms with van der Waals surface area (Å²) in [6.45, 7) is 1.30. The third kappa shape index (κ3) is 2.40. The van der Waals surface area contributed by atoms with E-state index in [9.17, 15) is 4.79 Å². The van der Waals surface area contributed by atoms with E-state index in [1.54, 1.807) is 0 Å². The summed E-state index contributed by atoms with van der Waals surface area (Å²) in [5.74, 6) is 0.0486. The van der Waals surface area contributed by atoms with Gasteiger partial charge in [-0.15, -0.1) is 0 Å². The largest absolute Gasteiger partial charge is 0.351 e. The van der Waals surface area contributed by atoms with Crippen LogP contribution in [0.5, 0.6) is 0 Å². The molecule has 0 aliphatic carbocycles. The molecule has 1 aliphatic rings. The minimum Gasteiger partial charge on any atom is -0.351 e. The second-order valence-corrected chi connectivity index (χ2v) is 6.71. The molecule has 0 bridgehead atoms. The summed E-state index contributed by atoms with van der Waals surface area (Å²) in [6, 6.07) is 24.7. The van der Waals surface area contributed by atoms with Gasteiger partial charge >= 0.3 is 0 Å². The summed E-state index contributed by atoms with van der Waals surface area (Å²) in [5, 5.41) is 3.46. The van der Waals surface area contributed by atoms with Crippen LogP contribution >= 0.6 is 0 Å². The van der Waals surface area contributed by atoms with Crippen LogP contribution in [0.25, 0.3) is 27.2 Å². The minimum atomic E-state index is 0.0486. The van der Waals surface area contributed by atoms with Gasteiger partial charge in [0, 0.05) is 24.0 Å². The summed E-state index contributed by atoms with van der Waals surface area (Å²) in [5.41, 5.74) is 4.05. The molecule has 26 heavy (non-hydrogen) atoms. The fourth-order valence-electron chi connectivity index (χ4n) is 3.74. The minimum absolute atomic E-state index is 0.0486. The van der Waals surface area contributed by atoms with Gasteiger partial charge in [0.1, 0.15) is 5.69 Å². The summed E-state index contributed by atoms with van der Waals surface area (Å²) in [7, 11) is 0. The summed E-state index contributed by atoms with van der Waals surface area (Å²) in [6.07, 6.45) is 2.14. The molecule has 1 amide bonds. The first-order valence-electron chi connectivity index (χ1n) is 8.84. The molecule has 3 aromatic carbocycles. The van der Waals surface area contributed by atoms with Crippen LogP contribution in [0, 0.1) is 0 Å². The second kappa shape index (κ2) is 5.88. The van der Waals surface area contributed by atoms with Crippen molar-refractivity contribution in [1.82, 2.24) is 9.88 Å². The van der Waals surface area contributed by atoms with Gasteiger partial charge in [-0.25, -0.2) is 0 Å². The Morgan fingerprint density at radius 2 is 1.69 bits per heavy atom. The Balaban J connectivity index is 1.45. The van der Waals surface area contributed by atoms with Gasteiger partial charge in [0.25, 0.3) is 5.91 Å². The number of rotatable bonds is 2. The van der Waals surface area contributed by atoms with Crippen LogP contribution in [0.4, 0.5) is 0 Å². The van der Waals surface area contributed by atoms with E-state index < -0.39 is 0 Å². The molecule has 4 aromatic rings. The van der Waals surface area contributed by atoms with Crippen molar-refractivity contribution < 1.29 is 4.79 Å². The summed E-state index contributed by atoms with van der Waals surface area (Å²) in [4.78, 5) is 18.2. The number of fused-ring (bicyclic) bond motifs is 3. The van der Waals surface area contributed by atoms with Gasteiger partial charge < -0.3 is 9.88 Å². The van der Waals surface area contributed by atoms with Crippen LogP contribution in [-0.4, -0.2) is 28.9 Å². The molecule has 0 saturated heterocycles. The van der Waals surface area contributed by atoms with Crippen LogP contribution in [0.3, 0.4) is 0 Å². The first-order chi connectivity index (χ1) is 12.8. The highest BCUT2D eigenvalue weighted by Gasteiger charge is 2.23. The number of nitrogens with one attached hydrogen (secondary N) is 1. The number of hydrogen-bond donors (Lipinski definition) is 1. The van der Waals surface area contributed by atoms with Gasteiger partial charge in [-0.1, -0.05) is 66.7 Å². The highest BCUT2D eigenvalue weighted by Crippen LogP contribution is 2.27. The molecule has 0 atom stereocenters. The molecule has 3 heteroatoms. The molecular formula is C23H18N2O. The molecule has 1 aliphatic heterocycles. The normalized spacial score (nSPS) is 14.2. The van der Waals surface area contributed by atoms with E-state index in [1.165, 1.54) is 21.9 Å². The Morgan fingerprint density at radius 1 is 0.885 bits per heavy atom. The van der Waals surface area contributed by atoms with Gasteiger partial charge in [-0.3, -0.25) is 4.79 Å². The number of hydrogen-bond acceptors (Lipinski definition) is 1. The molecule has 1 aromatic heterocycles. The number of aromatic amines is 1. The Bertz CT molecular complexity index is 1150. The molecule has 126 valence electrons. The summed E-state index contributed by atoms with van der Waals surface area (Å²) >= 11 is 0. The highest BCUT2D eigenvalue weighted by atomic mass is 16.2. The predicted molar refractivity (Wildman–Crippen MR) is 106 cm³/mol. The van der Waals surface area contributed by atoms with E-state index in [1.807, 2.05) is 47.4 Å².